The van der Waals surface area contributed by atoms with Gasteiger partial charge in [-0.15, -0.1) is 5.10 Å². The number of benzene rings is 2. The summed E-state index contributed by atoms with van der Waals surface area (Å²) in [7, 11) is 0. The molecule has 42 heavy (non-hydrogen) atoms. The van der Waals surface area contributed by atoms with E-state index in [9.17, 15) is 19.2 Å². The maximum Gasteiger partial charge on any atom is 0.255 e. The van der Waals surface area contributed by atoms with Crippen molar-refractivity contribution in [2.45, 2.75) is 51.5 Å². The van der Waals surface area contributed by atoms with E-state index in [1.54, 1.807) is 16.8 Å². The van der Waals surface area contributed by atoms with Crippen LogP contribution in [0.2, 0.25) is 0 Å². The van der Waals surface area contributed by atoms with Crippen LogP contribution in [0.3, 0.4) is 0 Å². The van der Waals surface area contributed by atoms with Crippen LogP contribution in [0, 0.1) is 0 Å². The monoisotopic (exact) mass is 572 g/mol. The molecular formula is C29H32N8O5. The van der Waals surface area contributed by atoms with Gasteiger partial charge in [0.2, 0.25) is 17.7 Å². The van der Waals surface area contributed by atoms with Crippen molar-refractivity contribution >= 4 is 29.3 Å². The molecule has 2 aromatic carbocycles. The number of piperidine rings is 1. The first kappa shape index (κ1) is 28.8. The maximum absolute atomic E-state index is 13.3. The molecule has 0 bridgehead atoms. The Kier molecular flexibility index (Phi) is 8.79. The average Bonchev–Trinajstić information content (AvgIpc) is 3.58. The Balaban J connectivity index is 1.35. The summed E-state index contributed by atoms with van der Waals surface area (Å²) in [6.07, 6.45) is 1.73. The third-order valence-electron chi connectivity index (χ3n) is 7.27. The van der Waals surface area contributed by atoms with Crippen LogP contribution in [-0.2, 0) is 38.8 Å². The largest absolute Gasteiger partial charge is 0.380 e. The number of aromatic nitrogens is 4. The Hall–Kier alpha value is -4.75. The molecule has 4 amide bonds. The molecule has 1 saturated heterocycles. The molecule has 1 aromatic heterocycles. The highest BCUT2D eigenvalue weighted by Crippen LogP contribution is 2.29. The van der Waals surface area contributed by atoms with Gasteiger partial charge in [0.05, 0.1) is 19.2 Å². The molecule has 1 fully saturated rings. The number of imide groups is 1. The van der Waals surface area contributed by atoms with E-state index in [-0.39, 0.29) is 24.1 Å². The second-order valence-electron chi connectivity index (χ2n) is 9.98. The van der Waals surface area contributed by atoms with Crippen LogP contribution in [0.15, 0.2) is 55.1 Å². The minimum atomic E-state index is -0.664. The second-order valence-corrected chi connectivity index (χ2v) is 9.98. The van der Waals surface area contributed by atoms with Gasteiger partial charge in [0, 0.05) is 37.4 Å². The van der Waals surface area contributed by atoms with E-state index in [4.69, 9.17) is 4.74 Å². The zero-order chi connectivity index (χ0) is 29.6. The predicted molar refractivity (Wildman–Crippen MR) is 151 cm³/mol. The highest BCUT2D eigenvalue weighted by atomic mass is 16.5. The lowest BCUT2D eigenvalue weighted by molar-refractivity contribution is -0.137. The van der Waals surface area contributed by atoms with Crippen LogP contribution in [0.5, 0.6) is 0 Å². The van der Waals surface area contributed by atoms with Gasteiger partial charge >= 0.3 is 0 Å². The van der Waals surface area contributed by atoms with Gasteiger partial charge < -0.3 is 15.0 Å². The molecule has 2 aliphatic heterocycles. The Morgan fingerprint density at radius 3 is 2.76 bits per heavy atom. The van der Waals surface area contributed by atoms with Gasteiger partial charge in [0.1, 0.15) is 6.04 Å². The van der Waals surface area contributed by atoms with Crippen LogP contribution in [0.4, 0.5) is 5.69 Å². The fourth-order valence-electron chi connectivity index (χ4n) is 5.12. The smallest absolute Gasteiger partial charge is 0.255 e. The standard InChI is InChI=1S/C29H32N8O5/c1-3-24(38)31-21-9-7-19(8-10-21)26(27-33-34-35-37(27)13-14-42-4-2)30-16-18-5-6-20-17-36(29(41)22(20)15-18)23-11-12-25(39)32-28(23)40/h3,5-10,15,23,26,30H,1,4,11-14,16-17H2,2H3,(H,31,38)(H,32,39,40). The third kappa shape index (κ3) is 6.26. The molecule has 218 valence electrons. The van der Waals surface area contributed by atoms with Gasteiger partial charge in [-0.25, -0.2) is 4.68 Å². The number of ether oxygens (including phenoxy) is 1. The van der Waals surface area contributed by atoms with Crippen LogP contribution in [0.1, 0.15) is 58.7 Å². The molecule has 0 aliphatic carbocycles. The molecule has 13 heteroatoms. The van der Waals surface area contributed by atoms with Gasteiger partial charge in [-0.1, -0.05) is 30.8 Å². The molecular weight excluding hydrogens is 540 g/mol. The number of anilines is 1. The normalized spacial score (nSPS) is 17.1. The number of carbonyl (C=O) groups excluding carboxylic acids is 4. The van der Waals surface area contributed by atoms with Crippen LogP contribution in [-0.4, -0.2) is 68.0 Å². The molecule has 0 saturated carbocycles. The van der Waals surface area contributed by atoms with Crippen molar-refractivity contribution in [2.24, 2.45) is 0 Å². The van der Waals surface area contributed by atoms with Crippen molar-refractivity contribution in [3.05, 3.63) is 83.2 Å². The lowest BCUT2D eigenvalue weighted by Gasteiger charge is -2.29. The molecule has 2 unspecified atom stereocenters. The van der Waals surface area contributed by atoms with Gasteiger partial charge in [0.15, 0.2) is 5.82 Å². The Bertz CT molecular complexity index is 1500. The molecule has 3 heterocycles. The molecule has 0 radical (unpaired) electrons. The molecule has 3 N–H and O–H groups in total. The van der Waals surface area contributed by atoms with Crippen LogP contribution in [0.25, 0.3) is 0 Å². The maximum atomic E-state index is 13.3. The lowest BCUT2D eigenvalue weighted by Crippen LogP contribution is -2.52. The number of hydrogen-bond donors (Lipinski definition) is 3. The minimum absolute atomic E-state index is 0.207. The summed E-state index contributed by atoms with van der Waals surface area (Å²) in [5.41, 5.74) is 3.72. The summed E-state index contributed by atoms with van der Waals surface area (Å²) >= 11 is 0. The zero-order valence-electron chi connectivity index (χ0n) is 23.2. The SMILES string of the molecule is C=CC(=O)Nc1ccc(C(NCc2ccc3c(c2)C(=O)N(C2CCC(=O)NC2=O)C3)c2nnnn2CCOCC)cc1. The van der Waals surface area contributed by atoms with E-state index in [0.29, 0.717) is 56.3 Å². The van der Waals surface area contributed by atoms with E-state index < -0.39 is 18.0 Å². The van der Waals surface area contributed by atoms with Crippen molar-refractivity contribution in [3.63, 3.8) is 0 Å². The first-order valence-corrected chi connectivity index (χ1v) is 13.7. The molecule has 2 aliphatic rings. The number of amides is 4. The van der Waals surface area contributed by atoms with Gasteiger partial charge in [-0.05, 0) is 64.7 Å². The highest BCUT2D eigenvalue weighted by molar-refractivity contribution is 6.05. The summed E-state index contributed by atoms with van der Waals surface area (Å²) in [5, 5.41) is 20.9. The van der Waals surface area contributed by atoms with Crippen molar-refractivity contribution in [1.82, 2.24) is 35.7 Å². The Labute approximate surface area is 242 Å². The van der Waals surface area contributed by atoms with Crippen molar-refractivity contribution in [2.75, 3.05) is 18.5 Å². The Morgan fingerprint density at radius 2 is 2.02 bits per heavy atom. The molecule has 13 nitrogen and oxygen atoms in total. The number of nitrogens with zero attached hydrogens (tertiary/aromatic N) is 5. The fourth-order valence-corrected chi connectivity index (χ4v) is 5.12. The van der Waals surface area contributed by atoms with E-state index in [1.807, 2.05) is 37.3 Å². The van der Waals surface area contributed by atoms with Crippen molar-refractivity contribution < 1.29 is 23.9 Å². The highest BCUT2D eigenvalue weighted by Gasteiger charge is 2.39. The van der Waals surface area contributed by atoms with Gasteiger partial charge in [-0.3, -0.25) is 29.8 Å². The summed E-state index contributed by atoms with van der Waals surface area (Å²) in [6, 6.07) is 11.9. The Morgan fingerprint density at radius 1 is 1.21 bits per heavy atom. The van der Waals surface area contributed by atoms with E-state index in [2.05, 4.69) is 38.1 Å². The van der Waals surface area contributed by atoms with Crippen LogP contribution >= 0.6 is 0 Å². The van der Waals surface area contributed by atoms with Crippen molar-refractivity contribution in [1.29, 1.82) is 0 Å². The molecule has 5 rings (SSSR count). The average molecular weight is 573 g/mol. The summed E-state index contributed by atoms with van der Waals surface area (Å²) in [5.74, 6) is -0.703. The topological polar surface area (TPSA) is 160 Å². The van der Waals surface area contributed by atoms with E-state index >= 15 is 0 Å². The number of nitrogens with one attached hydrogen (secondary N) is 3. The summed E-state index contributed by atoms with van der Waals surface area (Å²) in [4.78, 5) is 50.5. The number of tetrazole rings is 1. The third-order valence-corrected chi connectivity index (χ3v) is 7.27. The van der Waals surface area contributed by atoms with Crippen LogP contribution < -0.4 is 16.0 Å². The van der Waals surface area contributed by atoms with E-state index in [1.165, 1.54) is 11.0 Å². The van der Waals surface area contributed by atoms with Gasteiger partial charge in [-0.2, -0.15) is 0 Å². The second kappa shape index (κ2) is 12.8. The predicted octanol–water partition coefficient (Wildman–Crippen LogP) is 1.47. The summed E-state index contributed by atoms with van der Waals surface area (Å²) in [6.45, 7) is 7.59. The summed E-state index contributed by atoms with van der Waals surface area (Å²) < 4.78 is 7.18. The number of rotatable bonds is 12. The minimum Gasteiger partial charge on any atom is -0.380 e. The van der Waals surface area contributed by atoms with Crippen molar-refractivity contribution in [3.8, 4) is 0 Å². The number of carbonyl (C=O) groups is 4. The first-order valence-electron chi connectivity index (χ1n) is 13.7. The number of fused-ring (bicyclic) bond motifs is 1. The zero-order valence-corrected chi connectivity index (χ0v) is 23.2. The number of hydrogen-bond acceptors (Lipinski definition) is 9. The first-order chi connectivity index (χ1) is 20.4. The molecule has 2 atom stereocenters. The van der Waals surface area contributed by atoms with Gasteiger partial charge in [0.25, 0.3) is 5.91 Å². The molecule has 3 aromatic rings. The van der Waals surface area contributed by atoms with E-state index in [0.717, 1.165) is 16.7 Å². The fraction of sp³-hybridized carbons (Fsp3) is 0.345. The molecule has 0 spiro atoms. The lowest BCUT2D eigenvalue weighted by atomic mass is 10.0. The quantitative estimate of drug-likeness (QED) is 0.166.